The van der Waals surface area contributed by atoms with Crippen LogP contribution in [0.1, 0.15) is 39.9 Å². The number of halogens is 3. The van der Waals surface area contributed by atoms with E-state index in [9.17, 15) is 18.0 Å². The molecule has 1 aromatic heterocycles. The maximum absolute atomic E-state index is 12.9. The Hall–Kier alpha value is -3.35. The number of nitrogen functional groups attached to an aromatic ring is 1. The summed E-state index contributed by atoms with van der Waals surface area (Å²) in [5.74, 6) is -0.604. The quantitative estimate of drug-likeness (QED) is 0.574. The summed E-state index contributed by atoms with van der Waals surface area (Å²) in [5, 5.41) is 2.55. The molecule has 0 aliphatic carbocycles. The van der Waals surface area contributed by atoms with Gasteiger partial charge in [-0.25, -0.2) is 0 Å². The minimum absolute atomic E-state index is 0.0677. The predicted molar refractivity (Wildman–Crippen MR) is 107 cm³/mol. The fourth-order valence-corrected chi connectivity index (χ4v) is 3.28. The molecule has 0 aliphatic heterocycles. The average Bonchev–Trinajstić information content (AvgIpc) is 2.68. The minimum Gasteiger partial charge on any atom is -0.398 e. The summed E-state index contributed by atoms with van der Waals surface area (Å²) in [4.78, 5) is 16.9. The van der Waals surface area contributed by atoms with Gasteiger partial charge < -0.3 is 11.1 Å². The number of anilines is 2. The zero-order valence-electron chi connectivity index (χ0n) is 15.7. The van der Waals surface area contributed by atoms with Crippen LogP contribution >= 0.6 is 0 Å². The van der Waals surface area contributed by atoms with Crippen molar-refractivity contribution in [2.45, 2.75) is 25.4 Å². The second-order valence-corrected chi connectivity index (χ2v) is 6.81. The lowest BCUT2D eigenvalue weighted by molar-refractivity contribution is -0.137. The molecule has 0 bridgehead atoms. The Morgan fingerprint density at radius 2 is 1.90 bits per heavy atom. The SMILES string of the molecule is CC(Cc1cccnc1)c1c(N)cccc1C(=O)Nc1cccc(C(F)(F)F)c1. The monoisotopic (exact) mass is 399 g/mol. The van der Waals surface area contributed by atoms with Gasteiger partial charge in [0.05, 0.1) is 5.56 Å². The second-order valence-electron chi connectivity index (χ2n) is 6.81. The van der Waals surface area contributed by atoms with Crippen LogP contribution in [0, 0.1) is 0 Å². The van der Waals surface area contributed by atoms with Crippen LogP contribution in [-0.2, 0) is 12.6 Å². The Labute approximate surface area is 166 Å². The van der Waals surface area contributed by atoms with Crippen LogP contribution in [0.3, 0.4) is 0 Å². The van der Waals surface area contributed by atoms with Gasteiger partial charge in [0.2, 0.25) is 0 Å². The van der Waals surface area contributed by atoms with Crippen molar-refractivity contribution >= 4 is 17.3 Å². The van der Waals surface area contributed by atoms with E-state index in [1.54, 1.807) is 30.6 Å². The summed E-state index contributed by atoms with van der Waals surface area (Å²) in [6.07, 6.45) is -0.440. The summed E-state index contributed by atoms with van der Waals surface area (Å²) in [6.45, 7) is 1.94. The van der Waals surface area contributed by atoms with E-state index in [1.165, 1.54) is 12.1 Å². The molecule has 150 valence electrons. The molecule has 0 aliphatic rings. The van der Waals surface area contributed by atoms with E-state index < -0.39 is 17.6 Å². The molecule has 29 heavy (non-hydrogen) atoms. The van der Waals surface area contributed by atoms with Gasteiger partial charge in [-0.05, 0) is 59.9 Å². The third-order valence-electron chi connectivity index (χ3n) is 4.59. The highest BCUT2D eigenvalue weighted by molar-refractivity contribution is 6.06. The van der Waals surface area contributed by atoms with Gasteiger partial charge in [-0.1, -0.05) is 25.1 Å². The number of aromatic nitrogens is 1. The van der Waals surface area contributed by atoms with E-state index in [1.807, 2.05) is 19.1 Å². The van der Waals surface area contributed by atoms with Crippen LogP contribution in [0.5, 0.6) is 0 Å². The number of carbonyl (C=O) groups is 1. The molecule has 3 N–H and O–H groups in total. The van der Waals surface area contributed by atoms with Gasteiger partial charge in [-0.2, -0.15) is 13.2 Å². The zero-order valence-corrected chi connectivity index (χ0v) is 15.7. The Morgan fingerprint density at radius 1 is 1.14 bits per heavy atom. The smallest absolute Gasteiger partial charge is 0.398 e. The van der Waals surface area contributed by atoms with Crippen molar-refractivity contribution in [1.82, 2.24) is 4.98 Å². The Morgan fingerprint density at radius 3 is 2.59 bits per heavy atom. The lowest BCUT2D eigenvalue weighted by atomic mass is 9.89. The van der Waals surface area contributed by atoms with Gasteiger partial charge in [0.1, 0.15) is 0 Å². The van der Waals surface area contributed by atoms with E-state index in [2.05, 4.69) is 10.3 Å². The van der Waals surface area contributed by atoms with E-state index in [0.717, 1.165) is 17.7 Å². The highest BCUT2D eigenvalue weighted by Gasteiger charge is 2.30. The van der Waals surface area contributed by atoms with E-state index in [4.69, 9.17) is 5.73 Å². The van der Waals surface area contributed by atoms with Crippen LogP contribution < -0.4 is 11.1 Å². The lowest BCUT2D eigenvalue weighted by Gasteiger charge is -2.19. The van der Waals surface area contributed by atoms with Crippen molar-refractivity contribution in [1.29, 1.82) is 0 Å². The number of carbonyl (C=O) groups excluding carboxylic acids is 1. The first kappa shape index (κ1) is 20.4. The average molecular weight is 399 g/mol. The van der Waals surface area contributed by atoms with Gasteiger partial charge in [-0.15, -0.1) is 0 Å². The van der Waals surface area contributed by atoms with Crippen LogP contribution in [0.25, 0.3) is 0 Å². The first-order chi connectivity index (χ1) is 13.8. The van der Waals surface area contributed by atoms with Crippen molar-refractivity contribution in [2.75, 3.05) is 11.1 Å². The van der Waals surface area contributed by atoms with Crippen molar-refractivity contribution < 1.29 is 18.0 Å². The first-order valence-electron chi connectivity index (χ1n) is 9.01. The number of hydrogen-bond acceptors (Lipinski definition) is 3. The Bertz CT molecular complexity index is 1000. The predicted octanol–water partition coefficient (Wildman–Crippen LogP) is 5.28. The molecule has 0 spiro atoms. The fraction of sp³-hybridized carbons (Fsp3) is 0.182. The van der Waals surface area contributed by atoms with Crippen molar-refractivity contribution in [3.8, 4) is 0 Å². The molecule has 1 amide bonds. The number of benzene rings is 2. The molecule has 7 heteroatoms. The lowest BCUT2D eigenvalue weighted by Crippen LogP contribution is -2.18. The van der Waals surface area contributed by atoms with E-state index >= 15 is 0 Å². The first-order valence-corrected chi connectivity index (χ1v) is 9.01. The van der Waals surface area contributed by atoms with Gasteiger partial charge in [-0.3, -0.25) is 9.78 Å². The van der Waals surface area contributed by atoms with Gasteiger partial charge in [0.25, 0.3) is 5.91 Å². The molecule has 4 nitrogen and oxygen atoms in total. The molecular formula is C22H20F3N3O. The minimum atomic E-state index is -4.48. The summed E-state index contributed by atoms with van der Waals surface area (Å²) >= 11 is 0. The van der Waals surface area contributed by atoms with Crippen molar-refractivity contribution in [2.24, 2.45) is 0 Å². The van der Waals surface area contributed by atoms with Crippen LogP contribution in [0.15, 0.2) is 67.0 Å². The molecule has 0 fully saturated rings. The van der Waals surface area contributed by atoms with Crippen LogP contribution in [0.2, 0.25) is 0 Å². The van der Waals surface area contributed by atoms with Crippen molar-refractivity contribution in [3.63, 3.8) is 0 Å². The molecule has 1 atom stereocenters. The number of nitrogens with two attached hydrogens (primary N) is 1. The number of amides is 1. The molecule has 0 saturated carbocycles. The third kappa shape index (κ3) is 4.93. The van der Waals surface area contributed by atoms with Gasteiger partial charge in [0, 0.05) is 29.3 Å². The molecular weight excluding hydrogens is 379 g/mol. The molecule has 0 radical (unpaired) electrons. The maximum Gasteiger partial charge on any atom is 0.416 e. The van der Waals surface area contributed by atoms with E-state index in [0.29, 0.717) is 23.2 Å². The summed E-state index contributed by atoms with van der Waals surface area (Å²) in [7, 11) is 0. The Balaban J connectivity index is 1.87. The number of nitrogens with one attached hydrogen (secondary N) is 1. The summed E-state index contributed by atoms with van der Waals surface area (Å²) in [6, 6.07) is 13.3. The van der Waals surface area contributed by atoms with Crippen molar-refractivity contribution in [3.05, 3.63) is 89.2 Å². The van der Waals surface area contributed by atoms with Gasteiger partial charge >= 0.3 is 6.18 Å². The number of hydrogen-bond donors (Lipinski definition) is 2. The summed E-state index contributed by atoms with van der Waals surface area (Å²) < 4.78 is 38.8. The van der Waals surface area contributed by atoms with Crippen LogP contribution in [-0.4, -0.2) is 10.9 Å². The highest BCUT2D eigenvalue weighted by atomic mass is 19.4. The van der Waals surface area contributed by atoms with Gasteiger partial charge in [0.15, 0.2) is 0 Å². The third-order valence-corrected chi connectivity index (χ3v) is 4.59. The topological polar surface area (TPSA) is 68.0 Å². The zero-order chi connectivity index (χ0) is 21.0. The summed E-state index contributed by atoms with van der Waals surface area (Å²) in [5.41, 5.74) is 7.82. The number of alkyl halides is 3. The maximum atomic E-state index is 12.9. The molecule has 0 saturated heterocycles. The fourth-order valence-electron chi connectivity index (χ4n) is 3.28. The Kier molecular flexibility index (Phi) is 5.87. The standard InChI is InChI=1S/C22H20F3N3O/c1-14(11-15-5-4-10-27-13-15)20-18(8-3-9-19(20)26)21(29)28-17-7-2-6-16(12-17)22(23,24)25/h2-10,12-14H,11,26H2,1H3,(H,28,29). The van der Waals surface area contributed by atoms with Crippen LogP contribution in [0.4, 0.5) is 24.5 Å². The molecule has 1 unspecified atom stereocenters. The normalized spacial score (nSPS) is 12.4. The molecule has 3 aromatic rings. The molecule has 3 rings (SSSR count). The molecule has 2 aromatic carbocycles. The number of pyridine rings is 1. The second kappa shape index (κ2) is 8.34. The largest absolute Gasteiger partial charge is 0.416 e. The number of rotatable bonds is 5. The highest BCUT2D eigenvalue weighted by Crippen LogP contribution is 2.32. The number of nitrogens with zero attached hydrogens (tertiary/aromatic N) is 1. The van der Waals surface area contributed by atoms with E-state index in [-0.39, 0.29) is 11.6 Å². The molecule has 1 heterocycles.